The van der Waals surface area contributed by atoms with E-state index in [9.17, 15) is 4.79 Å². The minimum absolute atomic E-state index is 0.0232. The highest BCUT2D eigenvalue weighted by molar-refractivity contribution is 6.17. The molecule has 0 bridgehead atoms. The van der Waals surface area contributed by atoms with Gasteiger partial charge in [0.05, 0.1) is 6.54 Å². The zero-order valence-electron chi connectivity index (χ0n) is 10.9. The van der Waals surface area contributed by atoms with Crippen LogP contribution in [-0.4, -0.2) is 24.4 Å². The summed E-state index contributed by atoms with van der Waals surface area (Å²) in [6.45, 7) is 4.47. The Bertz CT molecular complexity index is 365. The van der Waals surface area contributed by atoms with Gasteiger partial charge in [0, 0.05) is 12.3 Å². The summed E-state index contributed by atoms with van der Waals surface area (Å²) >= 11 is 5.52. The normalized spacial score (nSPS) is 11.9. The number of hydrogen-bond acceptors (Lipinski definition) is 2. The topological polar surface area (TPSA) is 38.3 Å². The van der Waals surface area contributed by atoms with Gasteiger partial charge in [0.1, 0.15) is 11.9 Å². The molecule has 1 unspecified atom stereocenters. The van der Waals surface area contributed by atoms with E-state index in [4.69, 9.17) is 16.3 Å². The van der Waals surface area contributed by atoms with Gasteiger partial charge < -0.3 is 10.1 Å². The molecule has 0 saturated heterocycles. The summed E-state index contributed by atoms with van der Waals surface area (Å²) in [5, 5.41) is 2.83. The second kappa shape index (κ2) is 7.98. The van der Waals surface area contributed by atoms with Gasteiger partial charge in [-0.2, -0.15) is 0 Å². The molecular formula is C14H20ClNO2. The molecule has 4 heteroatoms. The minimum atomic E-state index is -0.0485. The summed E-state index contributed by atoms with van der Waals surface area (Å²) in [5.74, 6) is 1.36. The lowest BCUT2D eigenvalue weighted by atomic mass is 10.2. The van der Waals surface area contributed by atoms with E-state index < -0.39 is 0 Å². The SMILES string of the molecule is Cc1ccc(OC(C)CNC(=O)CCCCl)cc1. The van der Waals surface area contributed by atoms with Gasteiger partial charge in [-0.05, 0) is 32.4 Å². The van der Waals surface area contributed by atoms with E-state index in [1.54, 1.807) is 0 Å². The van der Waals surface area contributed by atoms with E-state index in [-0.39, 0.29) is 12.0 Å². The molecule has 1 atom stereocenters. The lowest BCUT2D eigenvalue weighted by Crippen LogP contribution is -2.33. The molecule has 1 amide bonds. The number of carbonyl (C=O) groups is 1. The number of nitrogens with one attached hydrogen (secondary N) is 1. The lowest BCUT2D eigenvalue weighted by Gasteiger charge is -2.15. The van der Waals surface area contributed by atoms with Crippen molar-refractivity contribution in [2.45, 2.75) is 32.8 Å². The average Bonchev–Trinajstić information content (AvgIpc) is 2.36. The van der Waals surface area contributed by atoms with Gasteiger partial charge in [-0.25, -0.2) is 0 Å². The molecule has 0 heterocycles. The summed E-state index contributed by atoms with van der Waals surface area (Å²) < 4.78 is 5.68. The molecule has 100 valence electrons. The summed E-state index contributed by atoms with van der Waals surface area (Å²) in [6, 6.07) is 7.87. The zero-order valence-corrected chi connectivity index (χ0v) is 11.7. The predicted octanol–water partition coefficient (Wildman–Crippen LogP) is 2.90. The van der Waals surface area contributed by atoms with Gasteiger partial charge >= 0.3 is 0 Å². The van der Waals surface area contributed by atoms with Crippen LogP contribution in [0.25, 0.3) is 0 Å². The van der Waals surface area contributed by atoms with Crippen LogP contribution in [0.5, 0.6) is 5.75 Å². The molecule has 0 aliphatic rings. The molecule has 1 aromatic rings. The number of alkyl halides is 1. The molecule has 0 aliphatic heterocycles. The highest BCUT2D eigenvalue weighted by atomic mass is 35.5. The van der Waals surface area contributed by atoms with Crippen molar-refractivity contribution in [1.29, 1.82) is 0 Å². The summed E-state index contributed by atoms with van der Waals surface area (Å²) in [6.07, 6.45) is 1.13. The molecule has 0 radical (unpaired) electrons. The van der Waals surface area contributed by atoms with Crippen LogP contribution >= 0.6 is 11.6 Å². The maximum atomic E-state index is 11.4. The molecule has 0 aromatic heterocycles. The molecule has 1 rings (SSSR count). The second-order valence-corrected chi connectivity index (χ2v) is 4.72. The van der Waals surface area contributed by atoms with Crippen molar-refractivity contribution in [2.75, 3.05) is 12.4 Å². The average molecular weight is 270 g/mol. The van der Waals surface area contributed by atoms with Crippen LogP contribution in [0.3, 0.4) is 0 Å². The molecule has 3 nitrogen and oxygen atoms in total. The second-order valence-electron chi connectivity index (χ2n) is 4.34. The number of halogens is 1. The zero-order chi connectivity index (χ0) is 13.4. The Hall–Kier alpha value is -1.22. The van der Waals surface area contributed by atoms with Crippen molar-refractivity contribution in [1.82, 2.24) is 5.32 Å². The molecule has 18 heavy (non-hydrogen) atoms. The highest BCUT2D eigenvalue weighted by Gasteiger charge is 2.06. The van der Waals surface area contributed by atoms with Crippen molar-refractivity contribution < 1.29 is 9.53 Å². The predicted molar refractivity (Wildman–Crippen MR) is 74.2 cm³/mol. The maximum Gasteiger partial charge on any atom is 0.220 e. The first kappa shape index (κ1) is 14.8. The van der Waals surface area contributed by atoms with Crippen LogP contribution in [0.15, 0.2) is 24.3 Å². The fourth-order valence-corrected chi connectivity index (χ4v) is 1.60. The first-order valence-electron chi connectivity index (χ1n) is 6.18. The third kappa shape index (κ3) is 5.92. The van der Waals surface area contributed by atoms with Crippen molar-refractivity contribution in [2.24, 2.45) is 0 Å². The van der Waals surface area contributed by atoms with Crippen LogP contribution in [0.4, 0.5) is 0 Å². The summed E-state index contributed by atoms with van der Waals surface area (Å²) in [5.41, 5.74) is 1.20. The first-order valence-corrected chi connectivity index (χ1v) is 6.71. The summed E-state index contributed by atoms with van der Waals surface area (Å²) in [7, 11) is 0. The van der Waals surface area contributed by atoms with Crippen LogP contribution in [0.2, 0.25) is 0 Å². The van der Waals surface area contributed by atoms with E-state index in [0.717, 1.165) is 5.75 Å². The third-order valence-electron chi connectivity index (χ3n) is 2.48. The highest BCUT2D eigenvalue weighted by Crippen LogP contribution is 2.12. The monoisotopic (exact) mass is 269 g/mol. The minimum Gasteiger partial charge on any atom is -0.489 e. The lowest BCUT2D eigenvalue weighted by molar-refractivity contribution is -0.121. The Labute approximate surface area is 113 Å². The Morgan fingerprint density at radius 1 is 1.39 bits per heavy atom. The number of rotatable bonds is 7. The van der Waals surface area contributed by atoms with Gasteiger partial charge in [-0.15, -0.1) is 11.6 Å². The van der Waals surface area contributed by atoms with Crippen LogP contribution < -0.4 is 10.1 Å². The fourth-order valence-electron chi connectivity index (χ4n) is 1.46. The number of benzene rings is 1. The molecule has 1 aromatic carbocycles. The van der Waals surface area contributed by atoms with Gasteiger partial charge in [-0.1, -0.05) is 17.7 Å². The Morgan fingerprint density at radius 3 is 2.67 bits per heavy atom. The molecule has 0 spiro atoms. The van der Waals surface area contributed by atoms with Crippen LogP contribution in [0.1, 0.15) is 25.3 Å². The van der Waals surface area contributed by atoms with Gasteiger partial charge in [-0.3, -0.25) is 4.79 Å². The molecule has 0 fully saturated rings. The van der Waals surface area contributed by atoms with E-state index in [2.05, 4.69) is 5.32 Å². The van der Waals surface area contributed by atoms with Crippen LogP contribution in [0, 0.1) is 6.92 Å². The van der Waals surface area contributed by atoms with Gasteiger partial charge in [0.2, 0.25) is 5.91 Å². The molecule has 1 N–H and O–H groups in total. The van der Waals surface area contributed by atoms with E-state index in [1.165, 1.54) is 5.56 Å². The standard InChI is InChI=1S/C14H20ClNO2/c1-11-5-7-13(8-6-11)18-12(2)10-16-14(17)4-3-9-15/h5-8,12H,3-4,9-10H2,1-2H3,(H,16,17). The smallest absolute Gasteiger partial charge is 0.220 e. The number of amides is 1. The van der Waals surface area contributed by atoms with Gasteiger partial charge in [0.15, 0.2) is 0 Å². The van der Waals surface area contributed by atoms with E-state index in [1.807, 2.05) is 38.1 Å². The van der Waals surface area contributed by atoms with Crippen LogP contribution in [-0.2, 0) is 4.79 Å². The molecule has 0 aliphatic carbocycles. The Balaban J connectivity index is 2.27. The largest absolute Gasteiger partial charge is 0.489 e. The first-order chi connectivity index (χ1) is 8.61. The third-order valence-corrected chi connectivity index (χ3v) is 2.75. The van der Waals surface area contributed by atoms with E-state index >= 15 is 0 Å². The van der Waals surface area contributed by atoms with Gasteiger partial charge in [0.25, 0.3) is 0 Å². The molecular weight excluding hydrogens is 250 g/mol. The molecule has 0 saturated carbocycles. The van der Waals surface area contributed by atoms with Crippen molar-refractivity contribution in [3.63, 3.8) is 0 Å². The van der Waals surface area contributed by atoms with Crippen molar-refractivity contribution >= 4 is 17.5 Å². The van der Waals surface area contributed by atoms with Crippen molar-refractivity contribution in [3.05, 3.63) is 29.8 Å². The number of carbonyl (C=O) groups excluding carboxylic acids is 1. The number of hydrogen-bond donors (Lipinski definition) is 1. The van der Waals surface area contributed by atoms with E-state index in [0.29, 0.717) is 25.3 Å². The fraction of sp³-hybridized carbons (Fsp3) is 0.500. The Kier molecular flexibility index (Phi) is 6.58. The van der Waals surface area contributed by atoms with Crippen molar-refractivity contribution in [3.8, 4) is 5.75 Å². The number of aryl methyl sites for hydroxylation is 1. The quantitative estimate of drug-likeness (QED) is 0.773. The maximum absolute atomic E-state index is 11.4. The summed E-state index contributed by atoms with van der Waals surface area (Å²) in [4.78, 5) is 11.4. The number of ether oxygens (including phenoxy) is 1. The Morgan fingerprint density at radius 2 is 2.06 bits per heavy atom.